The van der Waals surface area contributed by atoms with E-state index in [9.17, 15) is 14.0 Å². The molecule has 5 nitrogen and oxygen atoms in total. The molecular formula is C17H22FNO4. The Kier molecular flexibility index (Phi) is 4.92. The zero-order valence-corrected chi connectivity index (χ0v) is 13.8. The van der Waals surface area contributed by atoms with Gasteiger partial charge in [0.25, 0.3) is 0 Å². The molecule has 0 saturated carbocycles. The monoisotopic (exact) mass is 323 g/mol. The largest absolute Gasteiger partial charge is 0.469 e. The molecule has 126 valence electrons. The molecule has 0 N–H and O–H groups in total. The summed E-state index contributed by atoms with van der Waals surface area (Å²) in [7, 11) is 1.32. The van der Waals surface area contributed by atoms with Crippen molar-refractivity contribution in [2.45, 2.75) is 32.3 Å². The topological polar surface area (TPSA) is 55.8 Å². The summed E-state index contributed by atoms with van der Waals surface area (Å²) < 4.78 is 23.3. The predicted molar refractivity (Wildman–Crippen MR) is 82.5 cm³/mol. The number of carbonyl (C=O) groups is 2. The minimum absolute atomic E-state index is 0.226. The van der Waals surface area contributed by atoms with Gasteiger partial charge in [0.2, 0.25) is 0 Å². The number of carbonyl (C=O) groups excluding carboxylic acids is 2. The van der Waals surface area contributed by atoms with Crippen LogP contribution in [0.4, 0.5) is 9.18 Å². The minimum atomic E-state index is -0.605. The first-order valence-corrected chi connectivity index (χ1v) is 7.52. The van der Waals surface area contributed by atoms with Crippen molar-refractivity contribution in [1.82, 2.24) is 4.90 Å². The van der Waals surface area contributed by atoms with Gasteiger partial charge in [0.05, 0.1) is 13.0 Å². The van der Waals surface area contributed by atoms with Crippen LogP contribution >= 0.6 is 0 Å². The van der Waals surface area contributed by atoms with E-state index in [1.807, 2.05) is 0 Å². The summed E-state index contributed by atoms with van der Waals surface area (Å²) in [6.07, 6.45) is -0.462. The van der Waals surface area contributed by atoms with Crippen LogP contribution in [0, 0.1) is 11.7 Å². The van der Waals surface area contributed by atoms with Crippen molar-refractivity contribution in [3.8, 4) is 0 Å². The van der Waals surface area contributed by atoms with Gasteiger partial charge >= 0.3 is 12.1 Å². The van der Waals surface area contributed by atoms with Gasteiger partial charge in [0, 0.05) is 19.0 Å². The van der Waals surface area contributed by atoms with E-state index in [0.29, 0.717) is 6.54 Å². The van der Waals surface area contributed by atoms with Crippen LogP contribution in [-0.4, -0.2) is 42.8 Å². The van der Waals surface area contributed by atoms with E-state index in [2.05, 4.69) is 0 Å². The molecule has 1 aliphatic rings. The van der Waals surface area contributed by atoms with Crippen molar-refractivity contribution in [2.75, 3.05) is 20.2 Å². The smallest absolute Gasteiger partial charge is 0.410 e. The highest BCUT2D eigenvalue weighted by Crippen LogP contribution is 2.34. The minimum Gasteiger partial charge on any atom is -0.469 e. The normalized spacial score (nSPS) is 21.2. The molecule has 1 aromatic carbocycles. The molecule has 1 saturated heterocycles. The number of esters is 1. The molecule has 1 aliphatic heterocycles. The first-order chi connectivity index (χ1) is 10.7. The molecule has 1 aromatic rings. The Balaban J connectivity index is 2.20. The fourth-order valence-electron chi connectivity index (χ4n) is 2.72. The second-order valence-corrected chi connectivity index (χ2v) is 6.67. The van der Waals surface area contributed by atoms with Gasteiger partial charge in [-0.15, -0.1) is 0 Å². The summed E-state index contributed by atoms with van der Waals surface area (Å²) in [5, 5.41) is 0. The molecule has 0 unspecified atom stereocenters. The van der Waals surface area contributed by atoms with E-state index >= 15 is 0 Å². The third kappa shape index (κ3) is 4.21. The molecule has 23 heavy (non-hydrogen) atoms. The molecule has 0 bridgehead atoms. The first-order valence-electron chi connectivity index (χ1n) is 7.52. The molecule has 0 aliphatic carbocycles. The number of methoxy groups -OCH3 is 1. The second-order valence-electron chi connectivity index (χ2n) is 6.67. The van der Waals surface area contributed by atoms with E-state index in [1.165, 1.54) is 24.1 Å². The van der Waals surface area contributed by atoms with Gasteiger partial charge in [0.1, 0.15) is 11.4 Å². The maximum atomic E-state index is 13.1. The van der Waals surface area contributed by atoms with Gasteiger partial charge in [-0.25, -0.2) is 9.18 Å². The number of halogens is 1. The molecule has 1 heterocycles. The number of hydrogen-bond acceptors (Lipinski definition) is 4. The van der Waals surface area contributed by atoms with Crippen molar-refractivity contribution in [2.24, 2.45) is 5.92 Å². The highest BCUT2D eigenvalue weighted by atomic mass is 19.1. The lowest BCUT2D eigenvalue weighted by Gasteiger charge is -2.24. The van der Waals surface area contributed by atoms with Crippen LogP contribution in [-0.2, 0) is 14.3 Å². The van der Waals surface area contributed by atoms with E-state index in [1.54, 1.807) is 32.9 Å². The van der Waals surface area contributed by atoms with E-state index < -0.39 is 17.6 Å². The molecule has 0 aromatic heterocycles. The highest BCUT2D eigenvalue weighted by molar-refractivity contribution is 5.77. The van der Waals surface area contributed by atoms with Crippen LogP contribution < -0.4 is 0 Å². The van der Waals surface area contributed by atoms with Crippen molar-refractivity contribution < 1.29 is 23.5 Å². The van der Waals surface area contributed by atoms with Crippen LogP contribution in [0.3, 0.4) is 0 Å². The summed E-state index contributed by atoms with van der Waals surface area (Å²) in [5.41, 5.74) is 0.194. The predicted octanol–water partition coefficient (Wildman–Crippen LogP) is 2.95. The maximum absolute atomic E-state index is 13.1. The fourth-order valence-corrected chi connectivity index (χ4v) is 2.72. The summed E-state index contributed by atoms with van der Waals surface area (Å²) in [4.78, 5) is 25.8. The van der Waals surface area contributed by atoms with Crippen LogP contribution in [0.5, 0.6) is 0 Å². The van der Waals surface area contributed by atoms with Gasteiger partial charge in [-0.2, -0.15) is 0 Å². The molecule has 6 heteroatoms. The molecule has 1 fully saturated rings. The molecule has 2 atom stereocenters. The van der Waals surface area contributed by atoms with E-state index in [-0.39, 0.29) is 24.2 Å². The number of benzene rings is 1. The van der Waals surface area contributed by atoms with Gasteiger partial charge in [-0.1, -0.05) is 12.1 Å². The molecule has 0 radical (unpaired) electrons. The fraction of sp³-hybridized carbons (Fsp3) is 0.529. The number of likely N-dealkylation sites (tertiary alicyclic amines) is 1. The lowest BCUT2D eigenvalue weighted by Crippen LogP contribution is -2.36. The number of rotatable bonds is 2. The summed E-state index contributed by atoms with van der Waals surface area (Å²) in [6.45, 7) is 5.92. The van der Waals surface area contributed by atoms with Crippen molar-refractivity contribution in [3.05, 3.63) is 35.6 Å². The third-order valence-electron chi connectivity index (χ3n) is 3.77. The zero-order valence-electron chi connectivity index (χ0n) is 13.8. The van der Waals surface area contributed by atoms with Gasteiger partial charge in [-0.05, 0) is 38.5 Å². The Morgan fingerprint density at radius 1 is 1.17 bits per heavy atom. The standard InChI is InChI=1S/C17H22FNO4/c1-17(2,3)23-16(21)19-9-13(14(10-19)15(20)22-4)11-5-7-12(18)8-6-11/h5-8,13-14H,9-10H2,1-4H3/t13-,14-/m0/s1. The molecule has 1 amide bonds. The zero-order chi connectivity index (χ0) is 17.2. The number of hydrogen-bond donors (Lipinski definition) is 0. The lowest BCUT2D eigenvalue weighted by molar-refractivity contribution is -0.145. The van der Waals surface area contributed by atoms with Crippen molar-refractivity contribution >= 4 is 12.1 Å². The Bertz CT molecular complexity index is 579. The Hall–Kier alpha value is -2.11. The Morgan fingerprint density at radius 2 is 1.78 bits per heavy atom. The number of ether oxygens (including phenoxy) is 2. The quantitative estimate of drug-likeness (QED) is 0.785. The van der Waals surface area contributed by atoms with Crippen LogP contribution in [0.25, 0.3) is 0 Å². The maximum Gasteiger partial charge on any atom is 0.410 e. The number of nitrogens with zero attached hydrogens (tertiary/aromatic N) is 1. The van der Waals surface area contributed by atoms with Gasteiger partial charge in [0.15, 0.2) is 0 Å². The average Bonchev–Trinajstić information content (AvgIpc) is 2.91. The highest BCUT2D eigenvalue weighted by Gasteiger charge is 2.42. The molecule has 0 spiro atoms. The van der Waals surface area contributed by atoms with Gasteiger partial charge in [-0.3, -0.25) is 4.79 Å². The average molecular weight is 323 g/mol. The lowest BCUT2D eigenvalue weighted by atomic mass is 9.89. The second kappa shape index (κ2) is 6.56. The first kappa shape index (κ1) is 17.2. The van der Waals surface area contributed by atoms with Crippen LogP contribution in [0.2, 0.25) is 0 Å². The summed E-state index contributed by atoms with van der Waals surface area (Å²) in [6, 6.07) is 5.96. The van der Waals surface area contributed by atoms with Crippen LogP contribution in [0.15, 0.2) is 24.3 Å². The Labute approximate surface area is 135 Å². The molecular weight excluding hydrogens is 301 g/mol. The molecule has 2 rings (SSSR count). The SMILES string of the molecule is COC(=O)[C@H]1CN(C(=O)OC(C)(C)C)C[C@H]1c1ccc(F)cc1. The Morgan fingerprint density at radius 3 is 2.30 bits per heavy atom. The van der Waals surface area contributed by atoms with Crippen LogP contribution in [0.1, 0.15) is 32.3 Å². The third-order valence-corrected chi connectivity index (χ3v) is 3.77. The summed E-state index contributed by atoms with van der Waals surface area (Å²) >= 11 is 0. The van der Waals surface area contributed by atoms with Gasteiger partial charge < -0.3 is 14.4 Å². The van der Waals surface area contributed by atoms with E-state index in [0.717, 1.165) is 5.56 Å². The van der Waals surface area contributed by atoms with Crippen molar-refractivity contribution in [1.29, 1.82) is 0 Å². The summed E-state index contributed by atoms with van der Waals surface area (Å²) in [5.74, 6) is -1.45. The number of amides is 1. The van der Waals surface area contributed by atoms with Crippen molar-refractivity contribution in [3.63, 3.8) is 0 Å². The van der Waals surface area contributed by atoms with E-state index in [4.69, 9.17) is 9.47 Å².